The third-order valence-electron chi connectivity index (χ3n) is 2.84. The predicted octanol–water partition coefficient (Wildman–Crippen LogP) is 1.50. The van der Waals surface area contributed by atoms with Crippen molar-refractivity contribution in [2.24, 2.45) is 0 Å². The number of hydrogen-bond acceptors (Lipinski definition) is 3. The van der Waals surface area contributed by atoms with Crippen LogP contribution in [0.15, 0.2) is 18.2 Å². The van der Waals surface area contributed by atoms with Crippen LogP contribution in [0.2, 0.25) is 5.02 Å². The van der Waals surface area contributed by atoms with E-state index in [-0.39, 0.29) is 6.04 Å². The number of halogens is 1. The maximum Gasteiger partial charge on any atom is 0.0948 e. The maximum atomic E-state index is 9.56. The van der Waals surface area contributed by atoms with E-state index < -0.39 is 6.10 Å². The quantitative estimate of drug-likeness (QED) is 0.843. The van der Waals surface area contributed by atoms with Gasteiger partial charge in [0.1, 0.15) is 0 Å². The van der Waals surface area contributed by atoms with Crippen LogP contribution >= 0.6 is 11.6 Å². The van der Waals surface area contributed by atoms with Crippen molar-refractivity contribution in [3.8, 4) is 0 Å². The highest BCUT2D eigenvalue weighted by Crippen LogP contribution is 2.16. The summed E-state index contributed by atoms with van der Waals surface area (Å²) in [6.07, 6.45) is -0.395. The number of ether oxygens (including phenoxy) is 1. The van der Waals surface area contributed by atoms with Gasteiger partial charge in [0.05, 0.1) is 25.4 Å². The number of aryl methyl sites for hydroxylation is 1. The lowest BCUT2D eigenvalue weighted by atomic mass is 10.1. The van der Waals surface area contributed by atoms with Gasteiger partial charge in [0, 0.05) is 11.6 Å². The summed E-state index contributed by atoms with van der Waals surface area (Å²) in [6.45, 7) is 3.72. The zero-order chi connectivity index (χ0) is 11.5. The maximum absolute atomic E-state index is 9.56. The van der Waals surface area contributed by atoms with Crippen LogP contribution in [0.1, 0.15) is 11.1 Å². The highest BCUT2D eigenvalue weighted by atomic mass is 35.5. The summed E-state index contributed by atoms with van der Waals surface area (Å²) >= 11 is 5.95. The summed E-state index contributed by atoms with van der Waals surface area (Å²) in [4.78, 5) is 0. The molecule has 0 amide bonds. The van der Waals surface area contributed by atoms with Crippen molar-refractivity contribution in [2.45, 2.75) is 25.6 Å². The molecule has 0 aliphatic carbocycles. The molecule has 1 aliphatic heterocycles. The zero-order valence-corrected chi connectivity index (χ0v) is 10.00. The Labute approximate surface area is 100 Å². The standard InChI is InChI=1S/C12H16ClNO2/c1-8-4-9(2-3-10(8)13)5-14-11-6-16-7-12(11)15/h2-4,11-12,14-15H,5-7H2,1H3. The Hall–Kier alpha value is -0.610. The molecule has 0 bridgehead atoms. The fourth-order valence-electron chi connectivity index (χ4n) is 1.80. The lowest BCUT2D eigenvalue weighted by Crippen LogP contribution is -2.38. The number of aliphatic hydroxyl groups excluding tert-OH is 1. The Morgan fingerprint density at radius 2 is 2.31 bits per heavy atom. The molecular formula is C12H16ClNO2. The normalized spacial score (nSPS) is 24.9. The molecule has 2 atom stereocenters. The highest BCUT2D eigenvalue weighted by Gasteiger charge is 2.25. The molecule has 4 heteroatoms. The zero-order valence-electron chi connectivity index (χ0n) is 9.24. The second-order valence-corrected chi connectivity index (χ2v) is 4.58. The molecule has 1 aliphatic rings. The van der Waals surface area contributed by atoms with Crippen molar-refractivity contribution in [1.82, 2.24) is 5.32 Å². The Bertz CT molecular complexity index is 370. The van der Waals surface area contributed by atoms with Crippen molar-refractivity contribution in [2.75, 3.05) is 13.2 Å². The molecule has 1 saturated heterocycles. The van der Waals surface area contributed by atoms with Crippen molar-refractivity contribution in [3.05, 3.63) is 34.3 Å². The number of benzene rings is 1. The second kappa shape index (κ2) is 5.15. The summed E-state index contributed by atoms with van der Waals surface area (Å²) in [5, 5.41) is 13.6. The summed E-state index contributed by atoms with van der Waals surface area (Å²) in [5.74, 6) is 0. The Kier molecular flexibility index (Phi) is 3.82. The number of aliphatic hydroxyl groups is 1. The van der Waals surface area contributed by atoms with Gasteiger partial charge in [-0.1, -0.05) is 23.7 Å². The number of hydrogen-bond donors (Lipinski definition) is 2. The van der Waals surface area contributed by atoms with E-state index in [2.05, 4.69) is 11.4 Å². The first-order valence-electron chi connectivity index (χ1n) is 5.41. The fourth-order valence-corrected chi connectivity index (χ4v) is 1.92. The van der Waals surface area contributed by atoms with Gasteiger partial charge < -0.3 is 15.2 Å². The molecule has 1 aromatic rings. The summed E-state index contributed by atoms with van der Waals surface area (Å²) in [5.41, 5.74) is 2.24. The van der Waals surface area contributed by atoms with E-state index in [1.54, 1.807) is 0 Å². The summed E-state index contributed by atoms with van der Waals surface area (Å²) in [7, 11) is 0. The van der Waals surface area contributed by atoms with Crippen LogP contribution in [0, 0.1) is 6.92 Å². The Morgan fingerprint density at radius 1 is 1.50 bits per heavy atom. The third-order valence-corrected chi connectivity index (χ3v) is 3.27. The molecule has 3 nitrogen and oxygen atoms in total. The predicted molar refractivity (Wildman–Crippen MR) is 63.6 cm³/mol. The minimum absolute atomic E-state index is 0.0379. The van der Waals surface area contributed by atoms with Gasteiger partial charge in [0.15, 0.2) is 0 Å². The molecule has 0 aromatic heterocycles. The number of rotatable bonds is 3. The van der Waals surface area contributed by atoms with E-state index in [0.717, 1.165) is 17.1 Å². The molecule has 1 aromatic carbocycles. The molecule has 0 spiro atoms. The van der Waals surface area contributed by atoms with Gasteiger partial charge >= 0.3 is 0 Å². The Morgan fingerprint density at radius 3 is 2.94 bits per heavy atom. The van der Waals surface area contributed by atoms with Gasteiger partial charge in [-0.05, 0) is 24.1 Å². The highest BCUT2D eigenvalue weighted by molar-refractivity contribution is 6.31. The van der Waals surface area contributed by atoms with Crippen molar-refractivity contribution in [1.29, 1.82) is 0 Å². The molecule has 2 unspecified atom stereocenters. The van der Waals surface area contributed by atoms with E-state index in [0.29, 0.717) is 13.2 Å². The largest absolute Gasteiger partial charge is 0.389 e. The van der Waals surface area contributed by atoms with E-state index in [1.807, 2.05) is 19.1 Å². The minimum atomic E-state index is -0.395. The summed E-state index contributed by atoms with van der Waals surface area (Å²) in [6, 6.07) is 5.98. The molecule has 0 saturated carbocycles. The van der Waals surface area contributed by atoms with Gasteiger partial charge in [0.25, 0.3) is 0 Å². The van der Waals surface area contributed by atoms with E-state index in [9.17, 15) is 5.11 Å². The Balaban J connectivity index is 1.91. The smallest absolute Gasteiger partial charge is 0.0948 e. The van der Waals surface area contributed by atoms with E-state index >= 15 is 0 Å². The average Bonchev–Trinajstić information content (AvgIpc) is 2.66. The molecular weight excluding hydrogens is 226 g/mol. The first kappa shape index (κ1) is 11.9. The van der Waals surface area contributed by atoms with E-state index in [4.69, 9.17) is 16.3 Å². The third kappa shape index (κ3) is 2.74. The minimum Gasteiger partial charge on any atom is -0.389 e. The van der Waals surface area contributed by atoms with Crippen molar-refractivity contribution in [3.63, 3.8) is 0 Å². The topological polar surface area (TPSA) is 41.5 Å². The van der Waals surface area contributed by atoms with Crippen molar-refractivity contribution >= 4 is 11.6 Å². The van der Waals surface area contributed by atoms with E-state index in [1.165, 1.54) is 5.56 Å². The van der Waals surface area contributed by atoms with Crippen LogP contribution in [0.3, 0.4) is 0 Å². The molecule has 2 N–H and O–H groups in total. The first-order valence-corrected chi connectivity index (χ1v) is 5.79. The van der Waals surface area contributed by atoms with Gasteiger partial charge in [-0.25, -0.2) is 0 Å². The van der Waals surface area contributed by atoms with Gasteiger partial charge in [-0.3, -0.25) is 0 Å². The summed E-state index contributed by atoms with van der Waals surface area (Å²) < 4.78 is 5.17. The fraction of sp³-hybridized carbons (Fsp3) is 0.500. The second-order valence-electron chi connectivity index (χ2n) is 4.18. The molecule has 16 heavy (non-hydrogen) atoms. The molecule has 2 rings (SSSR count). The van der Waals surface area contributed by atoms with Gasteiger partial charge in [-0.2, -0.15) is 0 Å². The van der Waals surface area contributed by atoms with Crippen LogP contribution in [0.5, 0.6) is 0 Å². The number of nitrogens with one attached hydrogen (secondary N) is 1. The lowest BCUT2D eigenvalue weighted by molar-refractivity contribution is 0.122. The molecule has 0 radical (unpaired) electrons. The van der Waals surface area contributed by atoms with Crippen LogP contribution in [-0.2, 0) is 11.3 Å². The molecule has 1 fully saturated rings. The monoisotopic (exact) mass is 241 g/mol. The van der Waals surface area contributed by atoms with Crippen molar-refractivity contribution < 1.29 is 9.84 Å². The first-order chi connectivity index (χ1) is 7.66. The van der Waals surface area contributed by atoms with Crippen LogP contribution in [-0.4, -0.2) is 30.5 Å². The average molecular weight is 242 g/mol. The van der Waals surface area contributed by atoms with Gasteiger partial charge in [-0.15, -0.1) is 0 Å². The van der Waals surface area contributed by atoms with Crippen LogP contribution in [0.4, 0.5) is 0 Å². The molecule has 1 heterocycles. The lowest BCUT2D eigenvalue weighted by Gasteiger charge is -2.14. The molecule has 88 valence electrons. The van der Waals surface area contributed by atoms with Gasteiger partial charge in [0.2, 0.25) is 0 Å². The SMILES string of the molecule is Cc1cc(CNC2COCC2O)ccc1Cl. The van der Waals surface area contributed by atoms with Crippen LogP contribution < -0.4 is 5.32 Å². The van der Waals surface area contributed by atoms with Crippen LogP contribution in [0.25, 0.3) is 0 Å².